The van der Waals surface area contributed by atoms with Gasteiger partial charge in [-0.3, -0.25) is 9.36 Å². The highest BCUT2D eigenvalue weighted by Crippen LogP contribution is 2.67. The summed E-state index contributed by atoms with van der Waals surface area (Å²) in [5.74, 6) is 2.39. The van der Waals surface area contributed by atoms with Crippen LogP contribution < -0.4 is 5.32 Å². The lowest BCUT2D eigenvalue weighted by Crippen LogP contribution is -2.56. The molecule has 0 spiro atoms. The van der Waals surface area contributed by atoms with Gasteiger partial charge in [0.25, 0.3) is 0 Å². The third-order valence-corrected chi connectivity index (χ3v) is 10.7. The Balaban J connectivity index is 1.55. The molecule has 2 unspecified atom stereocenters. The van der Waals surface area contributed by atoms with Crippen LogP contribution in [0.3, 0.4) is 0 Å². The maximum atomic E-state index is 12.7. The van der Waals surface area contributed by atoms with Gasteiger partial charge in [-0.05, 0) is 85.9 Å². The fraction of sp³-hybridized carbons (Fsp3) is 0.875. The second-order valence-corrected chi connectivity index (χ2v) is 13.8. The largest absolute Gasteiger partial charge is 0.352 e. The molecule has 7 atom stereocenters. The van der Waals surface area contributed by atoms with Crippen molar-refractivity contribution < 1.29 is 19.1 Å². The molecule has 0 saturated heterocycles. The molecule has 30 heavy (non-hydrogen) atoms. The summed E-state index contributed by atoms with van der Waals surface area (Å²) < 4.78 is 11.8. The molecule has 0 aliphatic heterocycles. The molecular weight excluding hydrogens is 397 g/mol. The summed E-state index contributed by atoms with van der Waals surface area (Å²) in [4.78, 5) is 32.0. The van der Waals surface area contributed by atoms with Crippen LogP contribution in [0.1, 0.15) is 86.0 Å². The summed E-state index contributed by atoms with van der Waals surface area (Å²) in [5, 5.41) is 3.78. The smallest absolute Gasteiger partial charge is 0.351 e. The molecule has 0 radical (unpaired) electrons. The van der Waals surface area contributed by atoms with Crippen LogP contribution in [0.25, 0.3) is 0 Å². The minimum Gasteiger partial charge on any atom is -0.352 e. The third kappa shape index (κ3) is 3.53. The number of fused-ring (bicyclic) bond motifs is 5. The molecule has 0 aromatic rings. The number of rotatable bonds is 2. The van der Waals surface area contributed by atoms with Crippen LogP contribution >= 0.6 is 7.60 Å². The van der Waals surface area contributed by atoms with Crippen molar-refractivity contribution in [2.45, 2.75) is 92.0 Å². The number of nitrogens with one attached hydrogen (secondary N) is 1. The molecule has 3 N–H and O–H groups in total. The Bertz CT molecular complexity index is 796. The van der Waals surface area contributed by atoms with Gasteiger partial charge in [0.15, 0.2) is 0 Å². The van der Waals surface area contributed by atoms with E-state index in [0.717, 1.165) is 32.1 Å². The van der Waals surface area contributed by atoms with Crippen molar-refractivity contribution in [2.24, 2.45) is 39.9 Å². The molecule has 4 aliphatic carbocycles. The maximum Gasteiger partial charge on any atom is 0.351 e. The van der Waals surface area contributed by atoms with Crippen molar-refractivity contribution >= 4 is 13.5 Å². The van der Waals surface area contributed by atoms with E-state index in [0.29, 0.717) is 29.5 Å². The second-order valence-electron chi connectivity index (χ2n) is 12.2. The van der Waals surface area contributed by atoms with Gasteiger partial charge < -0.3 is 15.1 Å². The first-order valence-electron chi connectivity index (χ1n) is 11.8. The van der Waals surface area contributed by atoms with E-state index in [1.54, 1.807) is 0 Å². The highest BCUT2D eigenvalue weighted by Gasteiger charge is 2.60. The molecule has 0 aromatic carbocycles. The minimum absolute atomic E-state index is 0.148. The van der Waals surface area contributed by atoms with Crippen molar-refractivity contribution in [2.75, 3.05) is 0 Å². The highest BCUT2D eigenvalue weighted by atomic mass is 31.2. The lowest BCUT2D eigenvalue weighted by atomic mass is 9.46. The summed E-state index contributed by atoms with van der Waals surface area (Å²) in [7, 11) is -4.11. The fourth-order valence-electron chi connectivity index (χ4n) is 7.70. The van der Waals surface area contributed by atoms with E-state index >= 15 is 0 Å². The van der Waals surface area contributed by atoms with E-state index in [1.165, 1.54) is 12.8 Å². The lowest BCUT2D eigenvalue weighted by molar-refractivity contribution is -0.131. The molecule has 5 nitrogen and oxygen atoms in total. The molecule has 3 saturated carbocycles. The summed E-state index contributed by atoms with van der Waals surface area (Å²) in [6, 6.07) is 0.271. The number of allylic oxidation sites excluding steroid dienone is 2. The summed E-state index contributed by atoms with van der Waals surface area (Å²) >= 11 is 0. The fourth-order valence-corrected chi connectivity index (χ4v) is 8.47. The van der Waals surface area contributed by atoms with Gasteiger partial charge in [0.2, 0.25) is 5.91 Å². The van der Waals surface area contributed by atoms with Crippen molar-refractivity contribution in [1.82, 2.24) is 5.32 Å². The molecule has 1 amide bonds. The van der Waals surface area contributed by atoms with E-state index in [-0.39, 0.29) is 34.1 Å². The quantitative estimate of drug-likeness (QED) is 0.516. The van der Waals surface area contributed by atoms with Crippen molar-refractivity contribution in [3.8, 4) is 0 Å². The number of hydrogen-bond acceptors (Lipinski definition) is 2. The Labute approximate surface area is 181 Å². The summed E-state index contributed by atoms with van der Waals surface area (Å²) in [5.41, 5.74) is -0.0370. The number of amides is 1. The molecular formula is C24H40NO4P. The van der Waals surface area contributed by atoms with Crippen molar-refractivity contribution in [3.63, 3.8) is 0 Å². The average molecular weight is 438 g/mol. The molecule has 4 aliphatic rings. The normalized spacial score (nSPS) is 43.8. The Hall–Kier alpha value is -0.640. The maximum absolute atomic E-state index is 12.7. The third-order valence-electron chi connectivity index (χ3n) is 9.62. The van der Waals surface area contributed by atoms with Crippen LogP contribution in [-0.4, -0.2) is 21.7 Å². The number of carbonyl (C=O) groups excluding carboxylic acids is 1. The summed E-state index contributed by atoms with van der Waals surface area (Å²) in [6.45, 7) is 10.8. The van der Waals surface area contributed by atoms with Gasteiger partial charge in [0, 0.05) is 16.8 Å². The second kappa shape index (κ2) is 7.18. The van der Waals surface area contributed by atoms with Gasteiger partial charge in [-0.25, -0.2) is 0 Å². The van der Waals surface area contributed by atoms with Gasteiger partial charge in [-0.2, -0.15) is 0 Å². The first kappa shape index (κ1) is 22.6. The monoisotopic (exact) mass is 437 g/mol. The molecule has 0 heterocycles. The van der Waals surface area contributed by atoms with Crippen LogP contribution in [0.2, 0.25) is 0 Å². The van der Waals surface area contributed by atoms with Crippen LogP contribution in [0.4, 0.5) is 0 Å². The zero-order valence-electron chi connectivity index (χ0n) is 19.3. The molecule has 6 heteroatoms. The topological polar surface area (TPSA) is 86.6 Å². The van der Waals surface area contributed by atoms with Gasteiger partial charge in [-0.15, -0.1) is 0 Å². The molecule has 4 rings (SSSR count). The highest BCUT2D eigenvalue weighted by molar-refractivity contribution is 7.56. The zero-order chi connectivity index (χ0) is 22.1. The van der Waals surface area contributed by atoms with Gasteiger partial charge in [-0.1, -0.05) is 40.7 Å². The Morgan fingerprint density at radius 1 is 1.03 bits per heavy atom. The van der Waals surface area contributed by atoms with E-state index in [9.17, 15) is 19.1 Å². The Morgan fingerprint density at radius 3 is 2.33 bits per heavy atom. The van der Waals surface area contributed by atoms with Crippen LogP contribution in [0, 0.1) is 39.9 Å². The molecule has 0 aromatic heterocycles. The predicted molar refractivity (Wildman–Crippen MR) is 119 cm³/mol. The molecule has 3 fully saturated rings. The van der Waals surface area contributed by atoms with Crippen LogP contribution in [-0.2, 0) is 9.36 Å². The van der Waals surface area contributed by atoms with Crippen LogP contribution in [0.5, 0.6) is 0 Å². The Morgan fingerprint density at radius 2 is 1.70 bits per heavy atom. The molecule has 0 bridgehead atoms. The first-order valence-corrected chi connectivity index (χ1v) is 13.5. The summed E-state index contributed by atoms with van der Waals surface area (Å²) in [6.07, 6.45) is 10.1. The van der Waals surface area contributed by atoms with Crippen molar-refractivity contribution in [3.05, 3.63) is 11.4 Å². The van der Waals surface area contributed by atoms with E-state index in [1.807, 2.05) is 26.8 Å². The van der Waals surface area contributed by atoms with Crippen LogP contribution in [0.15, 0.2) is 11.4 Å². The number of hydrogen-bond donors (Lipinski definition) is 3. The number of carbonyl (C=O) groups is 1. The van der Waals surface area contributed by atoms with E-state index in [4.69, 9.17) is 0 Å². The average Bonchev–Trinajstić information content (AvgIpc) is 2.96. The SMILES string of the molecule is CC(C)(C)C(=O)NC1CC[C@H]2[C@@H]3CCC4C=C(P(=O)(O)O)CC[C@]4(C)[C@@H]3CC[C@]12C. The standard InChI is InChI=1S/C24H40NO4P/c1-22(2,3)21(26)25-20-9-8-18-17-7-6-15-14-16(30(27,28)29)10-12-23(15,4)19(17)11-13-24(18,20)5/h14-15,17-20H,6-13H2,1-5H3,(H,25,26)(H2,27,28,29)/t15?,17-,18-,19+,20?,23-,24-/m0/s1. The van der Waals surface area contributed by atoms with E-state index < -0.39 is 7.60 Å². The van der Waals surface area contributed by atoms with Gasteiger partial charge in [0.1, 0.15) is 0 Å². The minimum atomic E-state index is -4.11. The first-order chi connectivity index (χ1) is 13.8. The lowest BCUT2D eigenvalue weighted by Gasteiger charge is -2.59. The van der Waals surface area contributed by atoms with Crippen molar-refractivity contribution in [1.29, 1.82) is 0 Å². The Kier molecular flexibility index (Phi) is 5.40. The zero-order valence-corrected chi connectivity index (χ0v) is 20.2. The molecule has 170 valence electrons. The van der Waals surface area contributed by atoms with Gasteiger partial charge in [0.05, 0.1) is 0 Å². The van der Waals surface area contributed by atoms with Gasteiger partial charge >= 0.3 is 7.60 Å². The van der Waals surface area contributed by atoms with E-state index in [2.05, 4.69) is 19.2 Å². The predicted octanol–water partition coefficient (Wildman–Crippen LogP) is 5.23.